The van der Waals surface area contributed by atoms with Crippen LogP contribution in [0.2, 0.25) is 0 Å². The molecule has 1 aromatic heterocycles. The van der Waals surface area contributed by atoms with E-state index in [1.807, 2.05) is 18.2 Å². The first kappa shape index (κ1) is 13.3. The number of hydrogen-bond acceptors (Lipinski definition) is 3. The van der Waals surface area contributed by atoms with Crippen LogP contribution >= 0.6 is 12.2 Å². The zero-order valence-corrected chi connectivity index (χ0v) is 11.3. The summed E-state index contributed by atoms with van der Waals surface area (Å²) in [5, 5.41) is 0.275. The Morgan fingerprint density at radius 2 is 2.00 bits per heavy atom. The van der Waals surface area contributed by atoms with Crippen LogP contribution in [0.1, 0.15) is 22.8 Å². The minimum Gasteiger partial charge on any atom is -0.472 e. The third-order valence-corrected chi connectivity index (χ3v) is 2.99. The van der Waals surface area contributed by atoms with Gasteiger partial charge in [0.1, 0.15) is 0 Å². The average molecular weight is 274 g/mol. The van der Waals surface area contributed by atoms with Gasteiger partial charge in [0.15, 0.2) is 10.9 Å². The van der Waals surface area contributed by atoms with Crippen molar-refractivity contribution in [3.8, 4) is 0 Å². The van der Waals surface area contributed by atoms with E-state index in [1.54, 1.807) is 29.6 Å². The highest BCUT2D eigenvalue weighted by atomic mass is 32.1. The van der Waals surface area contributed by atoms with E-state index in [9.17, 15) is 4.79 Å². The van der Waals surface area contributed by atoms with Gasteiger partial charge in [-0.1, -0.05) is 0 Å². The van der Waals surface area contributed by atoms with Crippen molar-refractivity contribution in [2.45, 2.75) is 13.5 Å². The second-order valence-electron chi connectivity index (χ2n) is 4.16. The van der Waals surface area contributed by atoms with Crippen molar-refractivity contribution in [1.82, 2.24) is 0 Å². The smallest absolute Gasteiger partial charge is 0.171 e. The number of carbonyl (C=O) groups excluding carboxylic acids is 1. The summed E-state index contributed by atoms with van der Waals surface area (Å²) in [5.41, 5.74) is 8.23. The zero-order chi connectivity index (χ0) is 13.8. The Morgan fingerprint density at radius 1 is 1.32 bits per heavy atom. The molecule has 0 bridgehead atoms. The molecule has 1 heterocycles. The van der Waals surface area contributed by atoms with E-state index in [0.29, 0.717) is 12.1 Å². The Balaban J connectivity index is 2.24. The number of benzene rings is 1. The van der Waals surface area contributed by atoms with Crippen LogP contribution in [0.4, 0.5) is 5.69 Å². The summed E-state index contributed by atoms with van der Waals surface area (Å²) in [6.07, 6.45) is 3.25. The summed E-state index contributed by atoms with van der Waals surface area (Å²) >= 11 is 5.06. The molecule has 19 heavy (non-hydrogen) atoms. The Morgan fingerprint density at radius 3 is 2.47 bits per heavy atom. The molecule has 0 amide bonds. The molecule has 5 heteroatoms. The number of carbonyl (C=O) groups is 1. The predicted octanol–water partition coefficient (Wildman–Crippen LogP) is 2.73. The van der Waals surface area contributed by atoms with Gasteiger partial charge in [-0.25, -0.2) is 0 Å². The van der Waals surface area contributed by atoms with Gasteiger partial charge in [0, 0.05) is 16.8 Å². The molecular weight excluding hydrogens is 260 g/mol. The van der Waals surface area contributed by atoms with Crippen LogP contribution in [0.3, 0.4) is 0 Å². The predicted molar refractivity (Wildman–Crippen MR) is 78.1 cm³/mol. The molecule has 0 radical (unpaired) electrons. The van der Waals surface area contributed by atoms with E-state index in [0.717, 1.165) is 11.3 Å². The molecule has 0 aliphatic rings. The van der Waals surface area contributed by atoms with Gasteiger partial charge in [-0.3, -0.25) is 4.79 Å². The van der Waals surface area contributed by atoms with Crippen molar-refractivity contribution < 1.29 is 9.21 Å². The molecule has 0 atom stereocenters. The molecule has 0 saturated heterocycles. The lowest BCUT2D eigenvalue weighted by Gasteiger charge is -2.22. The van der Waals surface area contributed by atoms with Crippen molar-refractivity contribution in [1.29, 1.82) is 0 Å². The van der Waals surface area contributed by atoms with E-state index >= 15 is 0 Å². The van der Waals surface area contributed by atoms with Crippen LogP contribution in [0.5, 0.6) is 0 Å². The van der Waals surface area contributed by atoms with Gasteiger partial charge >= 0.3 is 0 Å². The van der Waals surface area contributed by atoms with Gasteiger partial charge in [-0.05, 0) is 49.5 Å². The zero-order valence-electron chi connectivity index (χ0n) is 10.5. The second-order valence-corrected chi connectivity index (χ2v) is 4.58. The number of hydrogen-bond donors (Lipinski definition) is 1. The normalized spacial score (nSPS) is 10.2. The number of ketones is 1. The number of anilines is 1. The molecule has 0 unspecified atom stereocenters. The highest BCUT2D eigenvalue weighted by Gasteiger charge is 2.11. The summed E-state index contributed by atoms with van der Waals surface area (Å²) in [6.45, 7) is 2.07. The van der Waals surface area contributed by atoms with Crippen LogP contribution in [0, 0.1) is 0 Å². The van der Waals surface area contributed by atoms with E-state index < -0.39 is 0 Å². The maximum Gasteiger partial charge on any atom is 0.171 e. The van der Waals surface area contributed by atoms with Crippen molar-refractivity contribution in [3.63, 3.8) is 0 Å². The summed E-state index contributed by atoms with van der Waals surface area (Å²) in [4.78, 5) is 13.0. The Hall–Kier alpha value is -2.14. The van der Waals surface area contributed by atoms with E-state index in [2.05, 4.69) is 0 Å². The SMILES string of the molecule is CC(=O)c1ccc(N(Cc2ccoc2)C(N)=S)cc1. The van der Waals surface area contributed by atoms with Crippen LogP contribution in [-0.4, -0.2) is 10.9 Å². The first-order chi connectivity index (χ1) is 9.08. The van der Waals surface area contributed by atoms with Gasteiger partial charge in [0.05, 0.1) is 19.1 Å². The second kappa shape index (κ2) is 5.67. The van der Waals surface area contributed by atoms with Crippen LogP contribution in [0.25, 0.3) is 0 Å². The van der Waals surface area contributed by atoms with E-state index in [-0.39, 0.29) is 10.9 Å². The Kier molecular flexibility index (Phi) is 3.97. The van der Waals surface area contributed by atoms with Crippen LogP contribution in [0.15, 0.2) is 47.3 Å². The molecule has 2 rings (SSSR count). The summed E-state index contributed by atoms with van der Waals surface area (Å²) < 4.78 is 5.03. The van der Waals surface area contributed by atoms with Crippen LogP contribution in [-0.2, 0) is 6.54 Å². The van der Waals surface area contributed by atoms with Gasteiger partial charge in [-0.15, -0.1) is 0 Å². The van der Waals surface area contributed by atoms with Crippen molar-refractivity contribution in [2.75, 3.05) is 4.90 Å². The summed E-state index contributed by atoms with van der Waals surface area (Å²) in [7, 11) is 0. The van der Waals surface area contributed by atoms with E-state index in [4.69, 9.17) is 22.4 Å². The van der Waals surface area contributed by atoms with E-state index in [1.165, 1.54) is 6.92 Å². The molecule has 0 aliphatic carbocycles. The number of thiocarbonyl (C=S) groups is 1. The standard InChI is InChI=1S/C14H14N2O2S/c1-10(17)12-2-4-13(5-3-12)16(14(15)19)8-11-6-7-18-9-11/h2-7,9H,8H2,1H3,(H2,15,19). The van der Waals surface area contributed by atoms with Crippen molar-refractivity contribution in [2.24, 2.45) is 5.73 Å². The third-order valence-electron chi connectivity index (χ3n) is 2.77. The lowest BCUT2D eigenvalue weighted by atomic mass is 10.1. The lowest BCUT2D eigenvalue weighted by molar-refractivity contribution is 0.101. The van der Waals surface area contributed by atoms with Gasteiger partial charge in [-0.2, -0.15) is 0 Å². The fourth-order valence-electron chi connectivity index (χ4n) is 1.74. The minimum atomic E-state index is 0.0308. The van der Waals surface area contributed by atoms with Gasteiger partial charge in [0.25, 0.3) is 0 Å². The minimum absolute atomic E-state index is 0.0308. The van der Waals surface area contributed by atoms with Gasteiger partial charge in [0.2, 0.25) is 0 Å². The molecule has 2 aromatic rings. The summed E-state index contributed by atoms with van der Waals surface area (Å²) in [6, 6.07) is 9.04. The molecule has 0 fully saturated rings. The monoisotopic (exact) mass is 274 g/mol. The highest BCUT2D eigenvalue weighted by Crippen LogP contribution is 2.18. The molecule has 0 saturated carbocycles. The first-order valence-electron chi connectivity index (χ1n) is 5.77. The molecule has 98 valence electrons. The quantitative estimate of drug-likeness (QED) is 0.686. The molecule has 1 aromatic carbocycles. The maximum atomic E-state index is 11.2. The first-order valence-corrected chi connectivity index (χ1v) is 6.18. The third kappa shape index (κ3) is 3.20. The Bertz CT molecular complexity index is 576. The Labute approximate surface area is 116 Å². The number of nitrogens with two attached hydrogens (primary N) is 1. The number of Topliss-reactive ketones (excluding diaryl/α,β-unsaturated/α-hetero) is 1. The number of rotatable bonds is 4. The average Bonchev–Trinajstić information content (AvgIpc) is 2.88. The van der Waals surface area contributed by atoms with Gasteiger partial charge < -0.3 is 15.1 Å². The lowest BCUT2D eigenvalue weighted by Crippen LogP contribution is -2.34. The maximum absolute atomic E-state index is 11.2. The fraction of sp³-hybridized carbons (Fsp3) is 0.143. The number of furan rings is 1. The number of nitrogens with zero attached hydrogens (tertiary/aromatic N) is 1. The van der Waals surface area contributed by atoms with Crippen molar-refractivity contribution >= 4 is 28.8 Å². The van der Waals surface area contributed by atoms with Crippen molar-refractivity contribution in [3.05, 3.63) is 54.0 Å². The van der Waals surface area contributed by atoms with Crippen LogP contribution < -0.4 is 10.6 Å². The summed E-state index contributed by atoms with van der Waals surface area (Å²) in [5.74, 6) is 0.0308. The molecule has 4 nitrogen and oxygen atoms in total. The fourth-order valence-corrected chi connectivity index (χ4v) is 1.91. The topological polar surface area (TPSA) is 59.5 Å². The largest absolute Gasteiger partial charge is 0.472 e. The molecular formula is C14H14N2O2S. The molecule has 0 aliphatic heterocycles. The molecule has 2 N–H and O–H groups in total. The highest BCUT2D eigenvalue weighted by molar-refractivity contribution is 7.80. The molecule has 0 spiro atoms.